The molecule has 1 saturated heterocycles. The topological polar surface area (TPSA) is 96.6 Å². The highest BCUT2D eigenvalue weighted by Gasteiger charge is 2.30. The zero-order chi connectivity index (χ0) is 23.4. The van der Waals surface area contributed by atoms with Gasteiger partial charge in [0.15, 0.2) is 11.6 Å². The third-order valence-electron chi connectivity index (χ3n) is 5.32. The van der Waals surface area contributed by atoms with Crippen molar-refractivity contribution in [3.8, 4) is 11.6 Å². The van der Waals surface area contributed by atoms with Gasteiger partial charge in [0.25, 0.3) is 5.91 Å². The van der Waals surface area contributed by atoms with Crippen LogP contribution in [-0.2, 0) is 10.0 Å². The van der Waals surface area contributed by atoms with E-state index in [1.807, 2.05) is 36.6 Å². The standard InChI is InChI=1S/C23H24N4O4S2/c1-17-20(22(32-2)25-21(24-17)19-9-6-15-31-19)23(28)26-11-13-27(14-12-26)33(29,30)16-10-18-7-4-3-5-8-18/h3-10,15-16H,11-14H2,1-2H3/b16-10+. The Morgan fingerprint density at radius 2 is 1.79 bits per heavy atom. The Morgan fingerprint density at radius 1 is 1.06 bits per heavy atom. The molecule has 1 aliphatic rings. The molecule has 0 atom stereocenters. The number of carbonyl (C=O) groups excluding carboxylic acids is 1. The number of hydrogen-bond acceptors (Lipinski definition) is 7. The Balaban J connectivity index is 1.47. The van der Waals surface area contributed by atoms with Gasteiger partial charge >= 0.3 is 0 Å². The van der Waals surface area contributed by atoms with Crippen LogP contribution in [0.5, 0.6) is 0 Å². The minimum Gasteiger partial charge on any atom is -0.461 e. The van der Waals surface area contributed by atoms with E-state index in [9.17, 15) is 13.2 Å². The normalized spacial score (nSPS) is 15.3. The summed E-state index contributed by atoms with van der Waals surface area (Å²) in [4.78, 5) is 23.9. The van der Waals surface area contributed by atoms with Gasteiger partial charge in [0.2, 0.25) is 10.0 Å². The van der Waals surface area contributed by atoms with Crippen molar-refractivity contribution in [3.63, 3.8) is 0 Å². The summed E-state index contributed by atoms with van der Waals surface area (Å²) in [6.07, 6.45) is 4.99. The molecule has 1 aromatic carbocycles. The summed E-state index contributed by atoms with van der Waals surface area (Å²) in [6.45, 7) is 2.82. The van der Waals surface area contributed by atoms with E-state index in [2.05, 4.69) is 9.97 Å². The molecule has 0 spiro atoms. The number of aromatic nitrogens is 2. The van der Waals surface area contributed by atoms with Gasteiger partial charge in [-0.25, -0.2) is 18.4 Å². The number of sulfonamides is 1. The third kappa shape index (κ3) is 5.18. The van der Waals surface area contributed by atoms with Crippen molar-refractivity contribution in [3.05, 3.63) is 71.0 Å². The van der Waals surface area contributed by atoms with E-state index in [1.54, 1.807) is 36.3 Å². The van der Waals surface area contributed by atoms with Crippen molar-refractivity contribution < 1.29 is 17.6 Å². The Labute approximate surface area is 197 Å². The maximum absolute atomic E-state index is 13.3. The summed E-state index contributed by atoms with van der Waals surface area (Å²) >= 11 is 1.37. The van der Waals surface area contributed by atoms with Gasteiger partial charge in [0, 0.05) is 31.6 Å². The highest BCUT2D eigenvalue weighted by molar-refractivity contribution is 7.98. The van der Waals surface area contributed by atoms with Gasteiger partial charge < -0.3 is 9.32 Å². The first-order valence-electron chi connectivity index (χ1n) is 10.4. The lowest BCUT2D eigenvalue weighted by molar-refractivity contribution is 0.0693. The van der Waals surface area contributed by atoms with E-state index in [-0.39, 0.29) is 19.0 Å². The second-order valence-corrected chi connectivity index (χ2v) is 10.1. The van der Waals surface area contributed by atoms with Crippen LogP contribution in [0.15, 0.2) is 63.6 Å². The lowest BCUT2D eigenvalue weighted by atomic mass is 10.2. The lowest BCUT2D eigenvalue weighted by Crippen LogP contribution is -2.50. The number of rotatable bonds is 6. The van der Waals surface area contributed by atoms with Crippen molar-refractivity contribution in [1.82, 2.24) is 19.2 Å². The molecule has 8 nitrogen and oxygen atoms in total. The minimum atomic E-state index is -3.57. The zero-order valence-corrected chi connectivity index (χ0v) is 20.0. The van der Waals surface area contributed by atoms with E-state index < -0.39 is 10.0 Å². The lowest BCUT2D eigenvalue weighted by Gasteiger charge is -2.33. The average Bonchev–Trinajstić information content (AvgIpc) is 3.38. The van der Waals surface area contributed by atoms with Gasteiger partial charge in [0.1, 0.15) is 5.03 Å². The van der Waals surface area contributed by atoms with E-state index >= 15 is 0 Å². The summed E-state index contributed by atoms with van der Waals surface area (Å²) in [7, 11) is -3.57. The first-order chi connectivity index (χ1) is 15.9. The second kappa shape index (κ2) is 9.90. The second-order valence-electron chi connectivity index (χ2n) is 7.44. The number of furan rings is 1. The molecular weight excluding hydrogens is 460 g/mol. The highest BCUT2D eigenvalue weighted by Crippen LogP contribution is 2.26. The fraction of sp³-hybridized carbons (Fsp3) is 0.261. The minimum absolute atomic E-state index is 0.195. The molecule has 1 amide bonds. The van der Waals surface area contributed by atoms with Gasteiger partial charge in [-0.05, 0) is 37.0 Å². The predicted octanol–water partition coefficient (Wildman–Crippen LogP) is 3.53. The molecule has 10 heteroatoms. The molecule has 0 bridgehead atoms. The molecule has 0 N–H and O–H groups in total. The van der Waals surface area contributed by atoms with Gasteiger partial charge in [0.05, 0.1) is 17.5 Å². The Hall–Kier alpha value is -2.95. The zero-order valence-electron chi connectivity index (χ0n) is 18.3. The number of benzene rings is 1. The molecule has 172 valence electrons. The van der Waals surface area contributed by atoms with Crippen molar-refractivity contribution in [1.29, 1.82) is 0 Å². The predicted molar refractivity (Wildman–Crippen MR) is 128 cm³/mol. The van der Waals surface area contributed by atoms with Gasteiger partial charge in [-0.2, -0.15) is 4.31 Å². The molecule has 3 aromatic rings. The van der Waals surface area contributed by atoms with Crippen LogP contribution in [0.1, 0.15) is 21.6 Å². The summed E-state index contributed by atoms with van der Waals surface area (Å²) < 4.78 is 32.2. The van der Waals surface area contributed by atoms with E-state index in [0.717, 1.165) is 5.56 Å². The molecular formula is C23H24N4O4S2. The Bertz CT molecular complexity index is 1250. The number of amides is 1. The molecule has 4 rings (SSSR count). The first kappa shape index (κ1) is 23.2. The molecule has 0 unspecified atom stereocenters. The van der Waals surface area contributed by atoms with Crippen LogP contribution in [0.2, 0.25) is 0 Å². The molecule has 33 heavy (non-hydrogen) atoms. The number of carbonyl (C=O) groups is 1. The molecule has 2 aromatic heterocycles. The SMILES string of the molecule is CSc1nc(-c2ccco2)nc(C)c1C(=O)N1CCN(S(=O)(=O)/C=C/c2ccccc2)CC1. The van der Waals surface area contributed by atoms with E-state index in [0.29, 0.717) is 41.0 Å². The van der Waals surface area contributed by atoms with Crippen LogP contribution in [0.4, 0.5) is 0 Å². The van der Waals surface area contributed by atoms with Gasteiger partial charge in [-0.15, -0.1) is 11.8 Å². The monoisotopic (exact) mass is 484 g/mol. The maximum atomic E-state index is 13.3. The molecule has 1 fully saturated rings. The number of nitrogens with zero attached hydrogens (tertiary/aromatic N) is 4. The smallest absolute Gasteiger partial charge is 0.258 e. The summed E-state index contributed by atoms with van der Waals surface area (Å²) in [5.74, 6) is 0.772. The van der Waals surface area contributed by atoms with Crippen molar-refractivity contribution >= 4 is 33.8 Å². The van der Waals surface area contributed by atoms with Gasteiger partial charge in [-0.1, -0.05) is 30.3 Å². The Kier molecular flexibility index (Phi) is 6.96. The fourth-order valence-corrected chi connectivity index (χ4v) is 5.37. The van der Waals surface area contributed by atoms with Gasteiger partial charge in [-0.3, -0.25) is 4.79 Å². The van der Waals surface area contributed by atoms with Crippen LogP contribution >= 0.6 is 11.8 Å². The first-order valence-corrected chi connectivity index (χ1v) is 13.1. The van der Waals surface area contributed by atoms with Crippen molar-refractivity contribution in [2.75, 3.05) is 32.4 Å². The molecule has 0 aliphatic carbocycles. The fourth-order valence-electron chi connectivity index (χ4n) is 3.58. The van der Waals surface area contributed by atoms with Crippen molar-refractivity contribution in [2.45, 2.75) is 11.9 Å². The van der Waals surface area contributed by atoms with Crippen LogP contribution in [-0.4, -0.2) is 65.9 Å². The maximum Gasteiger partial charge on any atom is 0.258 e. The Morgan fingerprint density at radius 3 is 2.42 bits per heavy atom. The van der Waals surface area contributed by atoms with Crippen molar-refractivity contribution in [2.24, 2.45) is 0 Å². The largest absolute Gasteiger partial charge is 0.461 e. The molecule has 0 saturated carbocycles. The highest BCUT2D eigenvalue weighted by atomic mass is 32.2. The number of hydrogen-bond donors (Lipinski definition) is 0. The van der Waals surface area contributed by atoms with E-state index in [1.165, 1.54) is 21.5 Å². The third-order valence-corrected chi connectivity index (χ3v) is 7.57. The van der Waals surface area contributed by atoms with Crippen LogP contribution in [0, 0.1) is 6.92 Å². The quantitative estimate of drug-likeness (QED) is 0.390. The molecule has 3 heterocycles. The average molecular weight is 485 g/mol. The number of thioether (sulfide) groups is 1. The summed E-state index contributed by atoms with van der Waals surface area (Å²) in [5, 5.41) is 1.79. The van der Waals surface area contributed by atoms with Crippen LogP contribution in [0.3, 0.4) is 0 Å². The number of piperazine rings is 1. The summed E-state index contributed by atoms with van der Waals surface area (Å²) in [6, 6.07) is 12.8. The van der Waals surface area contributed by atoms with E-state index in [4.69, 9.17) is 4.42 Å². The van der Waals surface area contributed by atoms with Crippen LogP contribution in [0.25, 0.3) is 17.7 Å². The number of aryl methyl sites for hydroxylation is 1. The molecule has 0 radical (unpaired) electrons. The molecule has 1 aliphatic heterocycles. The van der Waals surface area contributed by atoms with Crippen LogP contribution < -0.4 is 0 Å². The summed E-state index contributed by atoms with van der Waals surface area (Å²) in [5.41, 5.74) is 1.82.